The molecular formula is C12H16BrNO3. The van der Waals surface area contributed by atoms with Crippen LogP contribution in [0, 0.1) is 5.41 Å². The summed E-state index contributed by atoms with van der Waals surface area (Å²) in [6.07, 6.45) is 0. The minimum absolute atomic E-state index is 0.0229. The molecule has 17 heavy (non-hydrogen) atoms. The van der Waals surface area contributed by atoms with E-state index >= 15 is 0 Å². The number of ether oxygens (including phenoxy) is 2. The Labute approximate surface area is 109 Å². The van der Waals surface area contributed by atoms with Crippen LogP contribution in [0.1, 0.15) is 25.5 Å². The van der Waals surface area contributed by atoms with E-state index in [4.69, 9.17) is 15.2 Å². The highest BCUT2D eigenvalue weighted by Crippen LogP contribution is 2.42. The van der Waals surface area contributed by atoms with Gasteiger partial charge in [0.15, 0.2) is 11.5 Å². The second-order valence-corrected chi connectivity index (χ2v) is 5.71. The number of hydrogen-bond donors (Lipinski definition) is 2. The molecule has 0 unspecified atom stereocenters. The van der Waals surface area contributed by atoms with Crippen LogP contribution in [0.2, 0.25) is 0 Å². The quantitative estimate of drug-likeness (QED) is 0.898. The molecule has 5 heteroatoms. The van der Waals surface area contributed by atoms with Crippen molar-refractivity contribution >= 4 is 15.9 Å². The van der Waals surface area contributed by atoms with Gasteiger partial charge in [-0.25, -0.2) is 0 Å². The molecule has 1 aliphatic rings. The zero-order chi connectivity index (χ0) is 12.6. The smallest absolute Gasteiger partial charge is 0.231 e. The van der Waals surface area contributed by atoms with Crippen molar-refractivity contribution in [3.8, 4) is 11.5 Å². The number of nitrogens with two attached hydrogens (primary N) is 1. The molecule has 0 bridgehead atoms. The molecule has 0 spiro atoms. The Morgan fingerprint density at radius 1 is 1.41 bits per heavy atom. The summed E-state index contributed by atoms with van der Waals surface area (Å²) in [5, 5.41) is 9.36. The van der Waals surface area contributed by atoms with Gasteiger partial charge in [0.2, 0.25) is 6.79 Å². The fraction of sp³-hybridized carbons (Fsp3) is 0.500. The Balaban J connectivity index is 2.39. The Morgan fingerprint density at radius 3 is 2.59 bits per heavy atom. The van der Waals surface area contributed by atoms with Crippen LogP contribution in [-0.4, -0.2) is 18.5 Å². The highest BCUT2D eigenvalue weighted by atomic mass is 79.9. The van der Waals surface area contributed by atoms with Crippen molar-refractivity contribution in [3.63, 3.8) is 0 Å². The maximum absolute atomic E-state index is 9.36. The van der Waals surface area contributed by atoms with E-state index < -0.39 is 5.41 Å². The first-order valence-electron chi connectivity index (χ1n) is 5.41. The number of aliphatic hydroxyl groups is 1. The van der Waals surface area contributed by atoms with Gasteiger partial charge in [-0.05, 0) is 17.7 Å². The first-order chi connectivity index (χ1) is 7.95. The van der Waals surface area contributed by atoms with Crippen LogP contribution in [0.15, 0.2) is 16.6 Å². The second-order valence-electron chi connectivity index (χ2n) is 4.85. The lowest BCUT2D eigenvalue weighted by molar-refractivity contribution is 0.132. The van der Waals surface area contributed by atoms with E-state index in [9.17, 15) is 5.11 Å². The Hall–Kier alpha value is -0.780. The molecule has 1 aromatic carbocycles. The van der Waals surface area contributed by atoms with E-state index in [1.807, 2.05) is 26.0 Å². The maximum Gasteiger partial charge on any atom is 0.231 e. The molecule has 1 heterocycles. The molecule has 2 rings (SSSR count). The van der Waals surface area contributed by atoms with Gasteiger partial charge in [0.25, 0.3) is 0 Å². The molecule has 1 aromatic rings. The molecule has 0 fully saturated rings. The predicted octanol–water partition coefficient (Wildman–Crippen LogP) is 2.20. The highest BCUT2D eigenvalue weighted by Gasteiger charge is 2.30. The van der Waals surface area contributed by atoms with E-state index in [1.54, 1.807) is 0 Å². The van der Waals surface area contributed by atoms with E-state index in [-0.39, 0.29) is 19.4 Å². The highest BCUT2D eigenvalue weighted by molar-refractivity contribution is 9.10. The zero-order valence-corrected chi connectivity index (χ0v) is 11.5. The van der Waals surface area contributed by atoms with Gasteiger partial charge in [0.05, 0.1) is 0 Å². The van der Waals surface area contributed by atoms with Gasteiger partial charge in [0.1, 0.15) is 0 Å². The summed E-state index contributed by atoms with van der Waals surface area (Å²) in [5.74, 6) is 1.42. The summed E-state index contributed by atoms with van der Waals surface area (Å²) in [7, 11) is 0. The van der Waals surface area contributed by atoms with Gasteiger partial charge in [-0.2, -0.15) is 0 Å². The third-order valence-corrected chi connectivity index (χ3v) is 3.76. The van der Waals surface area contributed by atoms with Gasteiger partial charge >= 0.3 is 0 Å². The van der Waals surface area contributed by atoms with Gasteiger partial charge < -0.3 is 20.3 Å². The van der Waals surface area contributed by atoms with Crippen molar-refractivity contribution in [3.05, 3.63) is 22.2 Å². The Morgan fingerprint density at radius 2 is 2.00 bits per heavy atom. The van der Waals surface area contributed by atoms with Gasteiger partial charge in [-0.1, -0.05) is 29.8 Å². The first-order valence-corrected chi connectivity index (χ1v) is 6.20. The summed E-state index contributed by atoms with van der Waals surface area (Å²) >= 11 is 3.47. The third-order valence-electron chi connectivity index (χ3n) is 3.08. The van der Waals surface area contributed by atoms with Gasteiger partial charge in [-0.15, -0.1) is 0 Å². The summed E-state index contributed by atoms with van der Waals surface area (Å²) in [5.41, 5.74) is 6.71. The standard InChI is InChI=1S/C12H16BrNO3/c1-12(2,5-15)11(14)7-3-9-10(4-8(7)13)17-6-16-9/h3-4,11,15H,5-6,14H2,1-2H3/t11-/m0/s1. The molecular weight excluding hydrogens is 286 g/mol. The molecule has 94 valence electrons. The molecule has 0 radical (unpaired) electrons. The lowest BCUT2D eigenvalue weighted by atomic mass is 9.82. The van der Waals surface area contributed by atoms with Crippen molar-refractivity contribution in [2.24, 2.45) is 11.1 Å². The van der Waals surface area contributed by atoms with Crippen LogP contribution in [0.25, 0.3) is 0 Å². The van der Waals surface area contributed by atoms with Crippen molar-refractivity contribution in [2.45, 2.75) is 19.9 Å². The number of rotatable bonds is 3. The van der Waals surface area contributed by atoms with Crippen LogP contribution in [0.5, 0.6) is 11.5 Å². The topological polar surface area (TPSA) is 64.7 Å². The molecule has 0 saturated carbocycles. The number of halogens is 1. The Kier molecular flexibility index (Phi) is 3.34. The number of hydrogen-bond acceptors (Lipinski definition) is 4. The van der Waals surface area contributed by atoms with E-state index in [0.717, 1.165) is 15.8 Å². The number of benzene rings is 1. The molecule has 1 aliphatic heterocycles. The number of fused-ring (bicyclic) bond motifs is 1. The van der Waals surface area contributed by atoms with Crippen molar-refractivity contribution < 1.29 is 14.6 Å². The van der Waals surface area contributed by atoms with Gasteiger partial charge in [0, 0.05) is 22.5 Å². The molecule has 4 nitrogen and oxygen atoms in total. The molecule has 0 saturated heterocycles. The summed E-state index contributed by atoms with van der Waals surface area (Å²) < 4.78 is 11.5. The van der Waals surface area contributed by atoms with Crippen molar-refractivity contribution in [1.82, 2.24) is 0 Å². The van der Waals surface area contributed by atoms with Crippen molar-refractivity contribution in [1.29, 1.82) is 0 Å². The lowest BCUT2D eigenvalue weighted by Gasteiger charge is -2.30. The molecule has 0 amide bonds. The summed E-state index contributed by atoms with van der Waals surface area (Å²) in [4.78, 5) is 0. The summed E-state index contributed by atoms with van der Waals surface area (Å²) in [6.45, 7) is 4.11. The second kappa shape index (κ2) is 4.48. The van der Waals surface area contributed by atoms with Crippen LogP contribution >= 0.6 is 15.9 Å². The predicted molar refractivity (Wildman–Crippen MR) is 68.1 cm³/mol. The lowest BCUT2D eigenvalue weighted by Crippen LogP contribution is -2.32. The SMILES string of the molecule is CC(C)(CO)[C@@H](N)c1cc2c(cc1Br)OCO2. The summed E-state index contributed by atoms with van der Waals surface area (Å²) in [6, 6.07) is 3.44. The fourth-order valence-corrected chi connectivity index (χ4v) is 2.26. The molecule has 0 aliphatic carbocycles. The third kappa shape index (κ3) is 2.27. The minimum Gasteiger partial charge on any atom is -0.454 e. The maximum atomic E-state index is 9.36. The normalized spacial score (nSPS) is 16.1. The van der Waals surface area contributed by atoms with E-state index in [2.05, 4.69) is 15.9 Å². The molecule has 3 N–H and O–H groups in total. The Bertz CT molecular complexity index is 434. The average Bonchev–Trinajstić information content (AvgIpc) is 2.73. The van der Waals surface area contributed by atoms with Crippen LogP contribution < -0.4 is 15.2 Å². The van der Waals surface area contributed by atoms with E-state index in [0.29, 0.717) is 5.75 Å². The minimum atomic E-state index is -0.393. The number of aliphatic hydroxyl groups excluding tert-OH is 1. The molecule has 0 aromatic heterocycles. The zero-order valence-electron chi connectivity index (χ0n) is 9.87. The van der Waals surface area contributed by atoms with Gasteiger partial charge in [-0.3, -0.25) is 0 Å². The first kappa shape index (κ1) is 12.7. The van der Waals surface area contributed by atoms with Crippen LogP contribution in [-0.2, 0) is 0 Å². The van der Waals surface area contributed by atoms with Crippen LogP contribution in [0.3, 0.4) is 0 Å². The average molecular weight is 302 g/mol. The van der Waals surface area contributed by atoms with Crippen LogP contribution in [0.4, 0.5) is 0 Å². The monoisotopic (exact) mass is 301 g/mol. The fourth-order valence-electron chi connectivity index (χ4n) is 1.69. The van der Waals surface area contributed by atoms with E-state index in [1.165, 1.54) is 0 Å². The molecule has 1 atom stereocenters. The largest absolute Gasteiger partial charge is 0.454 e. The van der Waals surface area contributed by atoms with Crippen molar-refractivity contribution in [2.75, 3.05) is 13.4 Å².